The van der Waals surface area contributed by atoms with E-state index in [9.17, 15) is 4.39 Å². The smallest absolute Gasteiger partial charge is 0.124 e. The molecule has 0 spiro atoms. The van der Waals surface area contributed by atoms with Crippen LogP contribution in [0, 0.1) is 11.7 Å². The molecule has 2 atom stereocenters. The van der Waals surface area contributed by atoms with Crippen LogP contribution >= 0.6 is 11.6 Å². The fraction of sp³-hybridized carbons (Fsp3) is 0.571. The largest absolute Gasteiger partial charge is 0.319 e. The first-order valence-corrected chi connectivity index (χ1v) is 6.88. The molecular formula is C14H20ClFN2. The summed E-state index contributed by atoms with van der Waals surface area (Å²) in [4.78, 5) is 2.42. The van der Waals surface area contributed by atoms with E-state index in [0.29, 0.717) is 17.0 Å². The van der Waals surface area contributed by atoms with Crippen LogP contribution in [0.3, 0.4) is 0 Å². The number of hydrogen-bond acceptors (Lipinski definition) is 2. The van der Waals surface area contributed by atoms with Crippen molar-refractivity contribution in [2.24, 2.45) is 5.92 Å². The maximum Gasteiger partial charge on any atom is 0.124 e. The Hall–Kier alpha value is -0.640. The second-order valence-electron chi connectivity index (χ2n) is 4.85. The van der Waals surface area contributed by atoms with Crippen molar-refractivity contribution in [1.82, 2.24) is 10.2 Å². The predicted octanol–water partition coefficient (Wildman–Crippen LogP) is 3.08. The fourth-order valence-corrected chi connectivity index (χ4v) is 3.23. The molecule has 1 N–H and O–H groups in total. The van der Waals surface area contributed by atoms with Crippen LogP contribution in [0.2, 0.25) is 5.02 Å². The highest BCUT2D eigenvalue weighted by Gasteiger charge is 2.34. The summed E-state index contributed by atoms with van der Waals surface area (Å²) >= 11 is 6.21. The average molecular weight is 271 g/mol. The van der Waals surface area contributed by atoms with Crippen LogP contribution in [0.4, 0.5) is 4.39 Å². The van der Waals surface area contributed by atoms with Gasteiger partial charge in [-0.15, -0.1) is 0 Å². The minimum atomic E-state index is -0.269. The second kappa shape index (κ2) is 6.00. The van der Waals surface area contributed by atoms with E-state index in [1.807, 2.05) is 13.1 Å². The molecule has 100 valence electrons. The maximum atomic E-state index is 13.1. The minimum Gasteiger partial charge on any atom is -0.319 e. The normalized spacial score (nSPS) is 24.7. The van der Waals surface area contributed by atoms with Crippen molar-refractivity contribution < 1.29 is 4.39 Å². The molecule has 1 aromatic rings. The van der Waals surface area contributed by atoms with Crippen molar-refractivity contribution in [3.8, 4) is 0 Å². The molecule has 1 aliphatic rings. The molecule has 0 radical (unpaired) electrons. The maximum absolute atomic E-state index is 13.1. The lowest BCUT2D eigenvalue weighted by atomic mass is 9.93. The van der Waals surface area contributed by atoms with Gasteiger partial charge < -0.3 is 5.32 Å². The first kappa shape index (κ1) is 13.8. The molecule has 0 saturated carbocycles. The van der Waals surface area contributed by atoms with Crippen LogP contribution in [0.5, 0.6) is 0 Å². The standard InChI is InChI=1S/C14H20ClFN2/c1-3-18-7-6-10(9-17-2)14(18)12-5-4-11(16)8-13(12)15/h4-5,8,10,14,17H,3,6-7,9H2,1-2H3. The van der Waals surface area contributed by atoms with E-state index in [-0.39, 0.29) is 5.82 Å². The molecule has 4 heteroatoms. The molecule has 1 aromatic carbocycles. The summed E-state index contributed by atoms with van der Waals surface area (Å²) in [5.41, 5.74) is 1.05. The lowest BCUT2D eigenvalue weighted by Crippen LogP contribution is -2.29. The van der Waals surface area contributed by atoms with Crippen LogP contribution in [0.1, 0.15) is 24.9 Å². The van der Waals surface area contributed by atoms with E-state index >= 15 is 0 Å². The Bertz CT molecular complexity index is 411. The lowest BCUT2D eigenvalue weighted by molar-refractivity contribution is 0.238. The zero-order chi connectivity index (χ0) is 13.1. The molecule has 0 bridgehead atoms. The molecule has 18 heavy (non-hydrogen) atoms. The van der Waals surface area contributed by atoms with Crippen LogP contribution in [0.25, 0.3) is 0 Å². The molecule has 0 aromatic heterocycles. The van der Waals surface area contributed by atoms with E-state index in [2.05, 4.69) is 17.1 Å². The SMILES string of the molecule is CCN1CCC(CNC)C1c1ccc(F)cc1Cl. The molecule has 0 aliphatic carbocycles. The van der Waals surface area contributed by atoms with Gasteiger partial charge in [0.05, 0.1) is 0 Å². The highest BCUT2D eigenvalue weighted by atomic mass is 35.5. The highest BCUT2D eigenvalue weighted by molar-refractivity contribution is 6.31. The minimum absolute atomic E-state index is 0.269. The van der Waals surface area contributed by atoms with Gasteiger partial charge in [-0.3, -0.25) is 4.90 Å². The van der Waals surface area contributed by atoms with Crippen LogP contribution in [0.15, 0.2) is 18.2 Å². The predicted molar refractivity (Wildman–Crippen MR) is 73.4 cm³/mol. The molecule has 2 nitrogen and oxygen atoms in total. The van der Waals surface area contributed by atoms with Gasteiger partial charge in [0.15, 0.2) is 0 Å². The highest BCUT2D eigenvalue weighted by Crippen LogP contribution is 2.39. The molecule has 1 heterocycles. The van der Waals surface area contributed by atoms with Crippen molar-refractivity contribution in [2.75, 3.05) is 26.7 Å². The van der Waals surface area contributed by atoms with Crippen molar-refractivity contribution in [1.29, 1.82) is 0 Å². The first-order valence-electron chi connectivity index (χ1n) is 6.51. The van der Waals surface area contributed by atoms with E-state index in [1.54, 1.807) is 0 Å². The molecule has 1 saturated heterocycles. The van der Waals surface area contributed by atoms with Gasteiger partial charge in [-0.25, -0.2) is 4.39 Å². The Labute approximate surface area is 113 Å². The van der Waals surface area contributed by atoms with Gasteiger partial charge in [-0.2, -0.15) is 0 Å². The summed E-state index contributed by atoms with van der Waals surface area (Å²) in [5.74, 6) is 0.271. The topological polar surface area (TPSA) is 15.3 Å². The Morgan fingerprint density at radius 2 is 2.28 bits per heavy atom. The van der Waals surface area contributed by atoms with E-state index in [0.717, 1.165) is 31.6 Å². The Balaban J connectivity index is 2.31. The third-order valence-electron chi connectivity index (χ3n) is 3.78. The molecule has 1 fully saturated rings. The van der Waals surface area contributed by atoms with Crippen LogP contribution in [-0.4, -0.2) is 31.6 Å². The zero-order valence-electron chi connectivity index (χ0n) is 10.9. The summed E-state index contributed by atoms with van der Waals surface area (Å²) in [6, 6.07) is 5.05. The fourth-order valence-electron chi connectivity index (χ4n) is 2.95. The van der Waals surface area contributed by atoms with Crippen LogP contribution in [-0.2, 0) is 0 Å². The molecule has 0 amide bonds. The summed E-state index contributed by atoms with van der Waals surface area (Å²) in [5, 5.41) is 3.78. The molecule has 2 unspecified atom stereocenters. The van der Waals surface area contributed by atoms with Gasteiger partial charge >= 0.3 is 0 Å². The van der Waals surface area contributed by atoms with Gasteiger partial charge in [0.2, 0.25) is 0 Å². The number of nitrogens with zero attached hydrogens (tertiary/aromatic N) is 1. The number of benzene rings is 1. The van der Waals surface area contributed by atoms with Crippen molar-refractivity contribution >= 4 is 11.6 Å². The quantitative estimate of drug-likeness (QED) is 0.905. The van der Waals surface area contributed by atoms with E-state index < -0.39 is 0 Å². The van der Waals surface area contributed by atoms with Gasteiger partial charge in [0.1, 0.15) is 5.82 Å². The van der Waals surface area contributed by atoms with Gasteiger partial charge in [0, 0.05) is 11.1 Å². The van der Waals surface area contributed by atoms with Crippen molar-refractivity contribution in [3.63, 3.8) is 0 Å². The van der Waals surface area contributed by atoms with E-state index in [1.165, 1.54) is 12.1 Å². The Kier molecular flexibility index (Phi) is 4.60. The van der Waals surface area contributed by atoms with Crippen LogP contribution < -0.4 is 5.32 Å². The van der Waals surface area contributed by atoms with Crippen molar-refractivity contribution in [3.05, 3.63) is 34.6 Å². The van der Waals surface area contributed by atoms with Gasteiger partial charge in [0.25, 0.3) is 0 Å². The molecule has 2 rings (SSSR count). The zero-order valence-corrected chi connectivity index (χ0v) is 11.7. The summed E-state index contributed by atoms with van der Waals surface area (Å²) in [6.45, 7) is 5.21. The first-order chi connectivity index (χ1) is 8.67. The Morgan fingerprint density at radius 3 is 2.89 bits per heavy atom. The Morgan fingerprint density at radius 1 is 1.50 bits per heavy atom. The monoisotopic (exact) mass is 270 g/mol. The number of nitrogens with one attached hydrogen (secondary N) is 1. The summed E-state index contributed by atoms with van der Waals surface area (Å²) < 4.78 is 13.1. The van der Waals surface area contributed by atoms with E-state index in [4.69, 9.17) is 11.6 Å². The second-order valence-corrected chi connectivity index (χ2v) is 5.25. The third kappa shape index (κ3) is 2.68. The number of rotatable bonds is 4. The number of hydrogen-bond donors (Lipinski definition) is 1. The average Bonchev–Trinajstić information content (AvgIpc) is 2.73. The van der Waals surface area contributed by atoms with Gasteiger partial charge in [-0.05, 0) is 56.7 Å². The summed E-state index contributed by atoms with van der Waals surface area (Å²) in [7, 11) is 1.97. The molecule has 1 aliphatic heterocycles. The number of likely N-dealkylation sites (tertiary alicyclic amines) is 1. The number of halogens is 2. The third-order valence-corrected chi connectivity index (χ3v) is 4.11. The van der Waals surface area contributed by atoms with Gasteiger partial charge in [-0.1, -0.05) is 24.6 Å². The lowest BCUT2D eigenvalue weighted by Gasteiger charge is -2.28. The van der Waals surface area contributed by atoms with Crippen molar-refractivity contribution in [2.45, 2.75) is 19.4 Å². The molecular weight excluding hydrogens is 251 g/mol. The summed E-state index contributed by atoms with van der Waals surface area (Å²) in [6.07, 6.45) is 1.16.